The van der Waals surface area contributed by atoms with Crippen LogP contribution in [-0.2, 0) is 6.54 Å². The minimum Gasteiger partial charge on any atom is -0.369 e. The van der Waals surface area contributed by atoms with Crippen molar-refractivity contribution in [3.8, 4) is 6.07 Å². The Morgan fingerprint density at radius 3 is 3.00 bits per heavy atom. The number of rotatable bonds is 7. The predicted octanol–water partition coefficient (Wildman–Crippen LogP) is 1.18. The number of nitriles is 1. The first kappa shape index (κ1) is 16.5. The third-order valence-corrected chi connectivity index (χ3v) is 3.24. The van der Waals surface area contributed by atoms with Gasteiger partial charge in [0.15, 0.2) is 0 Å². The van der Waals surface area contributed by atoms with Gasteiger partial charge in [0.2, 0.25) is 0 Å². The normalized spacial score (nSPS) is 10.3. The molecule has 0 fully saturated rings. The predicted molar refractivity (Wildman–Crippen MR) is 88.0 cm³/mol. The number of hydrogen-bond donors (Lipinski definition) is 3. The first-order chi connectivity index (χ1) is 11.1. The first-order valence-electron chi connectivity index (χ1n) is 7.29. The van der Waals surface area contributed by atoms with Gasteiger partial charge in [-0.15, -0.1) is 0 Å². The number of aromatic amines is 1. The zero-order valence-electron chi connectivity index (χ0n) is 13.3. The number of H-pyrrole nitrogens is 1. The quantitative estimate of drug-likeness (QED) is 0.713. The van der Waals surface area contributed by atoms with E-state index >= 15 is 0 Å². The van der Waals surface area contributed by atoms with Crippen molar-refractivity contribution in [3.63, 3.8) is 0 Å². The van der Waals surface area contributed by atoms with Crippen LogP contribution in [0.4, 0.5) is 5.82 Å². The van der Waals surface area contributed by atoms with Crippen molar-refractivity contribution >= 4 is 11.7 Å². The fraction of sp³-hybridized carbons (Fsp3) is 0.312. The van der Waals surface area contributed by atoms with E-state index in [1.54, 1.807) is 6.20 Å². The maximum Gasteiger partial charge on any atom is 0.268 e. The summed E-state index contributed by atoms with van der Waals surface area (Å²) in [5.41, 5.74) is 1.71. The van der Waals surface area contributed by atoms with Crippen LogP contribution in [0.25, 0.3) is 0 Å². The van der Waals surface area contributed by atoms with E-state index < -0.39 is 0 Å². The van der Waals surface area contributed by atoms with Gasteiger partial charge in [-0.05, 0) is 26.2 Å². The lowest BCUT2D eigenvalue weighted by Gasteiger charge is -2.13. The molecular formula is C16H20N6O. The summed E-state index contributed by atoms with van der Waals surface area (Å²) in [6.07, 6.45) is 3.22. The fourth-order valence-corrected chi connectivity index (χ4v) is 2.00. The second-order valence-corrected chi connectivity index (χ2v) is 5.34. The zero-order chi connectivity index (χ0) is 16.7. The van der Waals surface area contributed by atoms with Gasteiger partial charge in [0.1, 0.15) is 17.6 Å². The summed E-state index contributed by atoms with van der Waals surface area (Å²) in [5, 5.41) is 14.9. The van der Waals surface area contributed by atoms with Crippen LogP contribution in [0.3, 0.4) is 0 Å². The molecule has 23 heavy (non-hydrogen) atoms. The molecular weight excluding hydrogens is 292 g/mol. The number of anilines is 1. The number of hydrogen-bond acceptors (Lipinski definition) is 5. The Labute approximate surface area is 135 Å². The molecule has 0 bridgehead atoms. The molecule has 0 radical (unpaired) electrons. The molecule has 0 aliphatic heterocycles. The van der Waals surface area contributed by atoms with E-state index in [0.29, 0.717) is 17.8 Å². The number of amides is 1. The van der Waals surface area contributed by atoms with Crippen LogP contribution >= 0.6 is 0 Å². The Bertz CT molecular complexity index is 701. The molecule has 1 amide bonds. The van der Waals surface area contributed by atoms with Crippen molar-refractivity contribution in [1.82, 2.24) is 20.2 Å². The molecule has 7 heteroatoms. The maximum absolute atomic E-state index is 12.1. The summed E-state index contributed by atoms with van der Waals surface area (Å²) in [7, 11) is 4.01. The van der Waals surface area contributed by atoms with Crippen molar-refractivity contribution in [3.05, 3.63) is 47.4 Å². The highest BCUT2D eigenvalue weighted by molar-refractivity contribution is 5.92. The summed E-state index contributed by atoms with van der Waals surface area (Å²) >= 11 is 0. The molecule has 0 aliphatic rings. The van der Waals surface area contributed by atoms with E-state index in [1.807, 2.05) is 32.3 Å². The second kappa shape index (κ2) is 7.96. The van der Waals surface area contributed by atoms with Crippen LogP contribution in [0.5, 0.6) is 0 Å². The van der Waals surface area contributed by atoms with Gasteiger partial charge in [-0.3, -0.25) is 4.79 Å². The van der Waals surface area contributed by atoms with Crippen molar-refractivity contribution in [1.29, 1.82) is 5.26 Å². The summed E-state index contributed by atoms with van der Waals surface area (Å²) in [6, 6.07) is 7.26. The van der Waals surface area contributed by atoms with Gasteiger partial charge in [0, 0.05) is 37.6 Å². The number of nitrogens with one attached hydrogen (secondary N) is 3. The van der Waals surface area contributed by atoms with Gasteiger partial charge in [-0.25, -0.2) is 4.98 Å². The van der Waals surface area contributed by atoms with E-state index in [0.717, 1.165) is 24.5 Å². The van der Waals surface area contributed by atoms with Crippen LogP contribution in [0.15, 0.2) is 30.6 Å². The van der Waals surface area contributed by atoms with Crippen LogP contribution in [0, 0.1) is 11.3 Å². The van der Waals surface area contributed by atoms with E-state index in [2.05, 4.69) is 25.5 Å². The molecule has 7 nitrogen and oxygen atoms in total. The average Bonchev–Trinajstić information content (AvgIpc) is 3.02. The standard InChI is InChI=1S/C16H20N6O/c1-22(2)7-6-19-15-13(4-3-5-18-15)11-21-16(23)14-8-12(9-17)10-20-14/h3-5,8,10,20H,6-7,11H2,1-2H3,(H,18,19)(H,21,23). The van der Waals surface area contributed by atoms with Crippen molar-refractivity contribution in [2.24, 2.45) is 0 Å². The lowest BCUT2D eigenvalue weighted by molar-refractivity contribution is 0.0946. The Balaban J connectivity index is 1.94. The second-order valence-electron chi connectivity index (χ2n) is 5.34. The van der Waals surface area contributed by atoms with Gasteiger partial charge >= 0.3 is 0 Å². The largest absolute Gasteiger partial charge is 0.369 e. The molecule has 0 unspecified atom stereocenters. The van der Waals surface area contributed by atoms with Gasteiger partial charge < -0.3 is 20.5 Å². The highest BCUT2D eigenvalue weighted by Crippen LogP contribution is 2.11. The third-order valence-electron chi connectivity index (χ3n) is 3.24. The molecule has 120 valence electrons. The molecule has 2 heterocycles. The molecule has 0 saturated carbocycles. The maximum atomic E-state index is 12.1. The molecule has 3 N–H and O–H groups in total. The fourth-order valence-electron chi connectivity index (χ4n) is 2.00. The lowest BCUT2D eigenvalue weighted by Crippen LogP contribution is -2.25. The molecule has 2 aromatic heterocycles. The van der Waals surface area contributed by atoms with Crippen molar-refractivity contribution in [2.75, 3.05) is 32.5 Å². The number of carbonyl (C=O) groups excluding carboxylic acids is 1. The van der Waals surface area contributed by atoms with Crippen LogP contribution < -0.4 is 10.6 Å². The molecule has 0 aromatic carbocycles. The van der Waals surface area contributed by atoms with Gasteiger partial charge in [0.25, 0.3) is 5.91 Å². The molecule has 2 rings (SSSR count). The Morgan fingerprint density at radius 2 is 2.30 bits per heavy atom. The van der Waals surface area contributed by atoms with Crippen LogP contribution in [0.2, 0.25) is 0 Å². The first-order valence-corrected chi connectivity index (χ1v) is 7.29. The number of aromatic nitrogens is 2. The summed E-state index contributed by atoms with van der Waals surface area (Å²) in [4.78, 5) is 21.2. The van der Waals surface area contributed by atoms with E-state index in [4.69, 9.17) is 5.26 Å². The average molecular weight is 312 g/mol. The van der Waals surface area contributed by atoms with E-state index in [9.17, 15) is 4.79 Å². The number of carbonyl (C=O) groups is 1. The Morgan fingerprint density at radius 1 is 1.48 bits per heavy atom. The van der Waals surface area contributed by atoms with E-state index in [-0.39, 0.29) is 5.91 Å². The lowest BCUT2D eigenvalue weighted by atomic mass is 10.2. The highest BCUT2D eigenvalue weighted by Gasteiger charge is 2.10. The molecule has 0 saturated heterocycles. The minimum atomic E-state index is -0.255. The van der Waals surface area contributed by atoms with Crippen molar-refractivity contribution < 1.29 is 4.79 Å². The molecule has 0 aliphatic carbocycles. The monoisotopic (exact) mass is 312 g/mol. The third kappa shape index (κ3) is 4.83. The Kier molecular flexibility index (Phi) is 5.72. The Hall–Kier alpha value is -2.85. The highest BCUT2D eigenvalue weighted by atomic mass is 16.1. The molecule has 0 atom stereocenters. The summed E-state index contributed by atoms with van der Waals surface area (Å²) < 4.78 is 0. The summed E-state index contributed by atoms with van der Waals surface area (Å²) in [6.45, 7) is 2.02. The summed E-state index contributed by atoms with van der Waals surface area (Å²) in [5.74, 6) is 0.508. The SMILES string of the molecule is CN(C)CCNc1ncccc1CNC(=O)c1cc(C#N)c[nH]1. The van der Waals surface area contributed by atoms with E-state index in [1.165, 1.54) is 12.3 Å². The van der Waals surface area contributed by atoms with Crippen molar-refractivity contribution in [2.45, 2.75) is 6.54 Å². The number of pyridine rings is 1. The smallest absolute Gasteiger partial charge is 0.268 e. The van der Waals surface area contributed by atoms with Crippen LogP contribution in [-0.4, -0.2) is 48.0 Å². The van der Waals surface area contributed by atoms with Gasteiger partial charge in [0.05, 0.1) is 5.56 Å². The minimum absolute atomic E-state index is 0.255. The van der Waals surface area contributed by atoms with Gasteiger partial charge in [-0.1, -0.05) is 6.07 Å². The number of likely N-dealkylation sites (N-methyl/N-ethyl adjacent to an activating group) is 1. The van der Waals surface area contributed by atoms with Gasteiger partial charge in [-0.2, -0.15) is 5.26 Å². The molecule has 2 aromatic rings. The number of nitrogens with zero attached hydrogens (tertiary/aromatic N) is 3. The topological polar surface area (TPSA) is 96.8 Å². The van der Waals surface area contributed by atoms with Crippen LogP contribution in [0.1, 0.15) is 21.6 Å². The molecule has 0 spiro atoms. The zero-order valence-corrected chi connectivity index (χ0v) is 13.3.